The monoisotopic (exact) mass is 481 g/mol. The molecule has 0 radical (unpaired) electrons. The van der Waals surface area contributed by atoms with Gasteiger partial charge in [-0.05, 0) is 29.6 Å². The van der Waals surface area contributed by atoms with Gasteiger partial charge < -0.3 is 15.1 Å². The van der Waals surface area contributed by atoms with E-state index in [1.165, 1.54) is 12.1 Å². The number of aromatic nitrogens is 2. The maximum absolute atomic E-state index is 12.5. The van der Waals surface area contributed by atoms with E-state index in [0.29, 0.717) is 31.2 Å². The van der Waals surface area contributed by atoms with Crippen LogP contribution < -0.4 is 10.2 Å². The molecule has 11 heteroatoms. The number of anilines is 1. The van der Waals surface area contributed by atoms with Crippen molar-refractivity contribution in [1.82, 2.24) is 20.4 Å². The second-order valence-corrected chi connectivity index (χ2v) is 9.29. The Morgan fingerprint density at radius 3 is 2.60 bits per heavy atom. The number of hydrogen-bond donors (Lipinski definition) is 1. The second kappa shape index (κ2) is 9.30. The summed E-state index contributed by atoms with van der Waals surface area (Å²) in [6.07, 6.45) is 0. The summed E-state index contributed by atoms with van der Waals surface area (Å²) >= 11 is 15.1. The van der Waals surface area contributed by atoms with Crippen molar-refractivity contribution in [3.63, 3.8) is 0 Å². The van der Waals surface area contributed by atoms with Crippen molar-refractivity contribution in [3.8, 4) is 9.88 Å². The molecule has 1 saturated heterocycles. The van der Waals surface area contributed by atoms with Crippen molar-refractivity contribution < 1.29 is 9.59 Å². The smallest absolute Gasteiger partial charge is 0.253 e. The Bertz CT molecular complexity index is 1050. The highest BCUT2D eigenvalue weighted by molar-refractivity contribution is 7.22. The van der Waals surface area contributed by atoms with Crippen molar-refractivity contribution in [2.24, 2.45) is 0 Å². The molecule has 0 atom stereocenters. The van der Waals surface area contributed by atoms with Gasteiger partial charge in [-0.15, -0.1) is 21.5 Å². The molecule has 3 aromatic rings. The number of nitrogens with zero attached hydrogens (tertiary/aromatic N) is 4. The molecule has 2 amide bonds. The number of thiophene rings is 1. The summed E-state index contributed by atoms with van der Waals surface area (Å²) < 4.78 is 0. The Morgan fingerprint density at radius 1 is 1.10 bits per heavy atom. The molecule has 1 N–H and O–H groups in total. The second-order valence-electron chi connectivity index (χ2n) is 6.54. The molecule has 1 aliphatic heterocycles. The molecule has 2 aromatic heterocycles. The van der Waals surface area contributed by atoms with E-state index in [0.717, 1.165) is 15.0 Å². The van der Waals surface area contributed by atoms with Gasteiger partial charge in [0.05, 0.1) is 22.0 Å². The molecule has 4 rings (SSSR count). The van der Waals surface area contributed by atoms with Gasteiger partial charge in [0.15, 0.2) is 5.01 Å². The predicted molar refractivity (Wildman–Crippen MR) is 121 cm³/mol. The Kier molecular flexibility index (Phi) is 6.52. The quantitative estimate of drug-likeness (QED) is 0.601. The van der Waals surface area contributed by atoms with Crippen LogP contribution in [0.25, 0.3) is 9.88 Å². The van der Waals surface area contributed by atoms with E-state index in [-0.39, 0.29) is 23.0 Å². The average molecular weight is 482 g/mol. The molecule has 3 heterocycles. The zero-order valence-electron chi connectivity index (χ0n) is 15.7. The molecule has 1 fully saturated rings. The van der Waals surface area contributed by atoms with Crippen molar-refractivity contribution >= 4 is 62.8 Å². The highest BCUT2D eigenvalue weighted by Gasteiger charge is 2.24. The SMILES string of the molecule is O=C(NCC(=O)N1CCN(c2nnc(-c3cccs3)s2)CC1)c1ccc(Cl)cc1Cl. The van der Waals surface area contributed by atoms with Crippen LogP contribution in [0.3, 0.4) is 0 Å². The van der Waals surface area contributed by atoms with Crippen molar-refractivity contribution in [2.75, 3.05) is 37.6 Å². The third-order valence-electron chi connectivity index (χ3n) is 4.63. The summed E-state index contributed by atoms with van der Waals surface area (Å²) in [6.45, 7) is 2.37. The van der Waals surface area contributed by atoms with Crippen LogP contribution in [0.2, 0.25) is 10.0 Å². The minimum Gasteiger partial charge on any atom is -0.343 e. The van der Waals surface area contributed by atoms with Crippen LogP contribution in [0.15, 0.2) is 35.7 Å². The van der Waals surface area contributed by atoms with Crippen LogP contribution >= 0.6 is 45.9 Å². The summed E-state index contributed by atoms with van der Waals surface area (Å²) in [6, 6.07) is 8.63. The van der Waals surface area contributed by atoms with Crippen molar-refractivity contribution in [1.29, 1.82) is 0 Å². The van der Waals surface area contributed by atoms with E-state index in [9.17, 15) is 9.59 Å². The number of benzene rings is 1. The molecule has 0 bridgehead atoms. The molecule has 156 valence electrons. The Hall–Kier alpha value is -2.20. The lowest BCUT2D eigenvalue weighted by molar-refractivity contribution is -0.130. The number of carbonyl (C=O) groups is 2. The van der Waals surface area contributed by atoms with Gasteiger partial charge in [-0.25, -0.2) is 0 Å². The van der Waals surface area contributed by atoms with Crippen LogP contribution in [0, 0.1) is 0 Å². The number of hydrogen-bond acceptors (Lipinski definition) is 7. The van der Waals surface area contributed by atoms with Crippen molar-refractivity contribution in [2.45, 2.75) is 0 Å². The van der Waals surface area contributed by atoms with E-state index in [1.807, 2.05) is 17.5 Å². The van der Waals surface area contributed by atoms with Crippen LogP contribution in [0.4, 0.5) is 5.13 Å². The van der Waals surface area contributed by atoms with E-state index in [1.54, 1.807) is 33.6 Å². The lowest BCUT2D eigenvalue weighted by Crippen LogP contribution is -2.51. The van der Waals surface area contributed by atoms with Gasteiger partial charge in [-0.3, -0.25) is 9.59 Å². The van der Waals surface area contributed by atoms with Crippen molar-refractivity contribution in [3.05, 3.63) is 51.3 Å². The standard InChI is InChI=1S/C19H17Cl2N5O2S2/c20-12-3-4-13(14(21)10-12)17(28)22-11-16(27)25-5-7-26(8-6-25)19-24-23-18(30-19)15-2-1-9-29-15/h1-4,9-10H,5-8,11H2,(H,22,28). The Morgan fingerprint density at radius 2 is 1.90 bits per heavy atom. The van der Waals surface area contributed by atoms with Gasteiger partial charge in [0.25, 0.3) is 5.91 Å². The Balaban J connectivity index is 1.28. The first-order valence-corrected chi connectivity index (χ1v) is 11.6. The number of nitrogens with one attached hydrogen (secondary N) is 1. The summed E-state index contributed by atoms with van der Waals surface area (Å²) in [5, 5.41) is 15.7. The van der Waals surface area contributed by atoms with Gasteiger partial charge in [0, 0.05) is 31.2 Å². The first kappa shape index (κ1) is 21.0. The largest absolute Gasteiger partial charge is 0.343 e. The number of rotatable bonds is 5. The lowest BCUT2D eigenvalue weighted by Gasteiger charge is -2.34. The fourth-order valence-corrected chi connectivity index (χ4v) is 5.21. The molecule has 7 nitrogen and oxygen atoms in total. The molecular formula is C19H17Cl2N5O2S2. The minimum absolute atomic E-state index is 0.0842. The fourth-order valence-electron chi connectivity index (χ4n) is 3.03. The molecule has 0 unspecified atom stereocenters. The minimum atomic E-state index is -0.404. The maximum atomic E-state index is 12.5. The molecule has 0 aliphatic carbocycles. The number of amides is 2. The molecule has 1 aromatic carbocycles. The van der Waals surface area contributed by atoms with Gasteiger partial charge in [-0.1, -0.05) is 40.6 Å². The highest BCUT2D eigenvalue weighted by Crippen LogP contribution is 2.31. The van der Waals surface area contributed by atoms with E-state index in [4.69, 9.17) is 23.2 Å². The third kappa shape index (κ3) is 4.75. The van der Waals surface area contributed by atoms with Gasteiger partial charge in [0.1, 0.15) is 0 Å². The van der Waals surface area contributed by atoms with Crippen LogP contribution in [0.1, 0.15) is 10.4 Å². The van der Waals surface area contributed by atoms with Gasteiger partial charge in [-0.2, -0.15) is 0 Å². The van der Waals surface area contributed by atoms with Crippen LogP contribution in [-0.4, -0.2) is 59.6 Å². The summed E-state index contributed by atoms with van der Waals surface area (Å²) in [7, 11) is 0. The Labute approximate surface area is 191 Å². The topological polar surface area (TPSA) is 78.4 Å². The highest BCUT2D eigenvalue weighted by atomic mass is 35.5. The van der Waals surface area contributed by atoms with Crippen LogP contribution in [-0.2, 0) is 4.79 Å². The maximum Gasteiger partial charge on any atom is 0.253 e. The summed E-state index contributed by atoms with van der Waals surface area (Å²) in [5.74, 6) is -0.539. The first-order valence-electron chi connectivity index (χ1n) is 9.14. The number of halogens is 2. The molecule has 30 heavy (non-hydrogen) atoms. The average Bonchev–Trinajstić information content (AvgIpc) is 3.43. The molecular weight excluding hydrogens is 465 g/mol. The fraction of sp³-hybridized carbons (Fsp3) is 0.263. The van der Waals surface area contributed by atoms with Crippen LogP contribution in [0.5, 0.6) is 0 Å². The van der Waals surface area contributed by atoms with E-state index < -0.39 is 5.91 Å². The van der Waals surface area contributed by atoms with E-state index in [2.05, 4.69) is 20.4 Å². The zero-order chi connectivity index (χ0) is 21.1. The third-order valence-corrected chi connectivity index (χ3v) is 7.20. The molecule has 0 spiro atoms. The number of piperazine rings is 1. The molecule has 1 aliphatic rings. The summed E-state index contributed by atoms with van der Waals surface area (Å²) in [4.78, 5) is 29.7. The predicted octanol–water partition coefficient (Wildman–Crippen LogP) is 3.65. The number of carbonyl (C=O) groups excluding carboxylic acids is 2. The molecule has 0 saturated carbocycles. The summed E-state index contributed by atoms with van der Waals surface area (Å²) in [5.41, 5.74) is 0.288. The van der Waals surface area contributed by atoms with E-state index >= 15 is 0 Å². The van der Waals surface area contributed by atoms with Gasteiger partial charge in [0.2, 0.25) is 11.0 Å². The zero-order valence-corrected chi connectivity index (χ0v) is 18.8. The normalized spacial score (nSPS) is 14.1. The van der Waals surface area contributed by atoms with Gasteiger partial charge >= 0.3 is 0 Å². The first-order chi connectivity index (χ1) is 14.5. The lowest BCUT2D eigenvalue weighted by atomic mass is 10.2.